The Labute approximate surface area is 194 Å². The van der Waals surface area contributed by atoms with E-state index >= 15 is 0 Å². The van der Waals surface area contributed by atoms with Crippen LogP contribution in [0.2, 0.25) is 0 Å². The Kier molecular flexibility index (Phi) is 7.99. The van der Waals surface area contributed by atoms with E-state index in [4.69, 9.17) is 14.2 Å². The number of benzene rings is 3. The molecule has 0 spiro atoms. The molecule has 32 heavy (non-hydrogen) atoms. The summed E-state index contributed by atoms with van der Waals surface area (Å²) in [7, 11) is 1.47. The lowest BCUT2D eigenvalue weighted by atomic mass is 10.2. The number of ether oxygens (including phenoxy) is 3. The highest BCUT2D eigenvalue weighted by molar-refractivity contribution is 9.10. The van der Waals surface area contributed by atoms with E-state index in [1.165, 1.54) is 13.3 Å². The summed E-state index contributed by atoms with van der Waals surface area (Å²) in [5.41, 5.74) is 4.55. The molecule has 0 radical (unpaired) electrons. The maximum atomic E-state index is 12.4. The lowest BCUT2D eigenvalue weighted by Gasteiger charge is -2.10. The van der Waals surface area contributed by atoms with Crippen molar-refractivity contribution >= 4 is 34.0 Å². The molecule has 0 unspecified atom stereocenters. The van der Waals surface area contributed by atoms with E-state index in [1.54, 1.807) is 48.5 Å². The van der Waals surface area contributed by atoms with Gasteiger partial charge in [-0.2, -0.15) is 5.10 Å². The summed E-state index contributed by atoms with van der Waals surface area (Å²) in [6.45, 7) is 1.81. The van der Waals surface area contributed by atoms with Gasteiger partial charge in [-0.25, -0.2) is 10.2 Å². The zero-order valence-corrected chi connectivity index (χ0v) is 19.1. The van der Waals surface area contributed by atoms with Gasteiger partial charge in [0.2, 0.25) is 0 Å². The Morgan fingerprint density at radius 3 is 2.53 bits per heavy atom. The first-order valence-corrected chi connectivity index (χ1v) is 10.4. The first-order valence-electron chi connectivity index (χ1n) is 9.62. The quantitative estimate of drug-likeness (QED) is 0.214. The second kappa shape index (κ2) is 11.1. The van der Waals surface area contributed by atoms with E-state index in [-0.39, 0.29) is 12.4 Å². The number of aryl methyl sites for hydroxylation is 1. The molecule has 3 aromatic carbocycles. The van der Waals surface area contributed by atoms with Crippen LogP contribution in [0.5, 0.6) is 17.2 Å². The number of amides is 1. The largest absolute Gasteiger partial charge is 0.493 e. The van der Waals surface area contributed by atoms with Gasteiger partial charge in [0.25, 0.3) is 5.91 Å². The minimum Gasteiger partial charge on any atom is -0.493 e. The summed E-state index contributed by atoms with van der Waals surface area (Å²) in [4.78, 5) is 24.3. The Morgan fingerprint density at radius 2 is 1.81 bits per heavy atom. The van der Waals surface area contributed by atoms with Crippen LogP contribution in [0.3, 0.4) is 0 Å². The van der Waals surface area contributed by atoms with E-state index < -0.39 is 11.9 Å². The molecule has 0 saturated carbocycles. The molecule has 3 aromatic rings. The van der Waals surface area contributed by atoms with Gasteiger partial charge in [0, 0.05) is 4.47 Å². The molecule has 0 aromatic heterocycles. The van der Waals surface area contributed by atoms with Crippen molar-refractivity contribution in [3.05, 3.63) is 87.9 Å². The van der Waals surface area contributed by atoms with Crippen LogP contribution in [0, 0.1) is 6.92 Å². The van der Waals surface area contributed by atoms with Crippen molar-refractivity contribution in [2.45, 2.75) is 6.92 Å². The van der Waals surface area contributed by atoms with E-state index in [0.717, 1.165) is 10.0 Å². The highest BCUT2D eigenvalue weighted by atomic mass is 79.9. The first-order chi connectivity index (χ1) is 15.4. The topological polar surface area (TPSA) is 86.2 Å². The average molecular weight is 497 g/mol. The molecule has 0 bridgehead atoms. The van der Waals surface area contributed by atoms with Crippen molar-refractivity contribution in [2.24, 2.45) is 5.10 Å². The van der Waals surface area contributed by atoms with Crippen LogP contribution in [-0.4, -0.2) is 31.8 Å². The number of nitrogens with zero attached hydrogens (tertiary/aromatic N) is 1. The molecule has 0 fully saturated rings. The lowest BCUT2D eigenvalue weighted by molar-refractivity contribution is -0.123. The number of hydrogen-bond donors (Lipinski definition) is 1. The number of hydrogen-bond acceptors (Lipinski definition) is 6. The predicted octanol–water partition coefficient (Wildman–Crippen LogP) is 4.51. The fourth-order valence-electron chi connectivity index (χ4n) is 2.62. The molecule has 0 heterocycles. The third kappa shape index (κ3) is 6.68. The minimum absolute atomic E-state index is 0.159. The van der Waals surface area contributed by atoms with Gasteiger partial charge in [-0.05, 0) is 61.0 Å². The molecule has 0 aliphatic rings. The number of rotatable bonds is 8. The molecule has 164 valence electrons. The fraction of sp³-hybridized carbons (Fsp3) is 0.125. The van der Waals surface area contributed by atoms with Crippen molar-refractivity contribution in [2.75, 3.05) is 13.7 Å². The van der Waals surface area contributed by atoms with Crippen molar-refractivity contribution in [1.82, 2.24) is 5.43 Å². The molecule has 0 aliphatic heterocycles. The van der Waals surface area contributed by atoms with Crippen LogP contribution < -0.4 is 19.6 Å². The Morgan fingerprint density at radius 1 is 1.03 bits per heavy atom. The number of carbonyl (C=O) groups excluding carboxylic acids is 2. The van der Waals surface area contributed by atoms with Gasteiger partial charge in [0.15, 0.2) is 18.1 Å². The Bertz CT molecular complexity index is 1130. The first kappa shape index (κ1) is 23.0. The highest BCUT2D eigenvalue weighted by Gasteiger charge is 2.13. The minimum atomic E-state index is -0.508. The second-order valence-corrected chi connectivity index (χ2v) is 7.62. The Balaban J connectivity index is 1.56. The van der Waals surface area contributed by atoms with Crippen molar-refractivity contribution in [1.29, 1.82) is 0 Å². The van der Waals surface area contributed by atoms with Gasteiger partial charge >= 0.3 is 5.97 Å². The molecule has 0 aliphatic carbocycles. The average Bonchev–Trinajstić information content (AvgIpc) is 2.79. The lowest BCUT2D eigenvalue weighted by Crippen LogP contribution is -2.24. The standard InChI is InChI=1S/C24H21BrN2O5/c1-16-6-9-20(10-7-16)31-15-23(28)27-26-14-17-8-11-21(22(12-17)30-2)32-24(29)18-4-3-5-19(25)13-18/h3-14H,15H2,1-2H3,(H,27,28)/b26-14+. The van der Waals surface area contributed by atoms with Gasteiger partial charge in [-0.15, -0.1) is 0 Å². The fourth-order valence-corrected chi connectivity index (χ4v) is 3.02. The maximum absolute atomic E-state index is 12.4. The zero-order valence-electron chi connectivity index (χ0n) is 17.5. The van der Waals surface area contributed by atoms with Crippen LogP contribution in [-0.2, 0) is 4.79 Å². The van der Waals surface area contributed by atoms with Gasteiger partial charge < -0.3 is 14.2 Å². The van der Waals surface area contributed by atoms with Gasteiger partial charge in [0.05, 0.1) is 18.9 Å². The number of esters is 1. The molecule has 8 heteroatoms. The third-order valence-electron chi connectivity index (χ3n) is 4.24. The predicted molar refractivity (Wildman–Crippen MR) is 125 cm³/mol. The van der Waals surface area contributed by atoms with Crippen LogP contribution in [0.15, 0.2) is 76.3 Å². The summed E-state index contributed by atoms with van der Waals surface area (Å²) in [5.74, 6) is 0.323. The Hall–Kier alpha value is -3.65. The summed E-state index contributed by atoms with van der Waals surface area (Å²) in [6, 6.07) is 19.2. The van der Waals surface area contributed by atoms with Crippen molar-refractivity contribution < 1.29 is 23.8 Å². The molecule has 0 saturated heterocycles. The smallest absolute Gasteiger partial charge is 0.343 e. The molecule has 1 amide bonds. The van der Waals surface area contributed by atoms with Crippen molar-refractivity contribution in [3.63, 3.8) is 0 Å². The number of halogens is 1. The van der Waals surface area contributed by atoms with Crippen LogP contribution in [0.25, 0.3) is 0 Å². The second-order valence-electron chi connectivity index (χ2n) is 6.71. The van der Waals surface area contributed by atoms with Gasteiger partial charge in [-0.1, -0.05) is 39.7 Å². The maximum Gasteiger partial charge on any atom is 0.343 e. The van der Waals surface area contributed by atoms with E-state index in [0.29, 0.717) is 22.6 Å². The van der Waals surface area contributed by atoms with E-state index in [9.17, 15) is 9.59 Å². The molecule has 3 rings (SSSR count). The number of methoxy groups -OCH3 is 1. The molecule has 1 N–H and O–H groups in total. The molecule has 0 atom stereocenters. The van der Waals surface area contributed by atoms with E-state index in [2.05, 4.69) is 26.5 Å². The number of hydrazone groups is 1. The van der Waals surface area contributed by atoms with Crippen LogP contribution in [0.4, 0.5) is 0 Å². The number of carbonyl (C=O) groups is 2. The third-order valence-corrected chi connectivity index (χ3v) is 4.74. The SMILES string of the molecule is COc1cc(/C=N/NC(=O)COc2ccc(C)cc2)ccc1OC(=O)c1cccc(Br)c1. The van der Waals surface area contributed by atoms with Gasteiger partial charge in [0.1, 0.15) is 5.75 Å². The normalized spacial score (nSPS) is 10.6. The van der Waals surface area contributed by atoms with Crippen molar-refractivity contribution in [3.8, 4) is 17.2 Å². The molecule has 7 nitrogen and oxygen atoms in total. The van der Waals surface area contributed by atoms with Crippen LogP contribution in [0.1, 0.15) is 21.5 Å². The summed E-state index contributed by atoms with van der Waals surface area (Å²) in [5, 5.41) is 3.92. The summed E-state index contributed by atoms with van der Waals surface area (Å²) in [6.07, 6.45) is 1.45. The highest BCUT2D eigenvalue weighted by Crippen LogP contribution is 2.28. The summed E-state index contributed by atoms with van der Waals surface area (Å²) >= 11 is 3.33. The number of nitrogens with one attached hydrogen (secondary N) is 1. The van der Waals surface area contributed by atoms with Crippen LogP contribution >= 0.6 is 15.9 Å². The summed E-state index contributed by atoms with van der Waals surface area (Å²) < 4.78 is 16.9. The van der Waals surface area contributed by atoms with Gasteiger partial charge in [-0.3, -0.25) is 4.79 Å². The van der Waals surface area contributed by atoms with E-state index in [1.807, 2.05) is 25.1 Å². The monoisotopic (exact) mass is 496 g/mol. The zero-order chi connectivity index (χ0) is 22.9. The molecular formula is C24H21BrN2O5. The molecular weight excluding hydrogens is 476 g/mol.